The molecule has 0 radical (unpaired) electrons. The molecule has 2 unspecified atom stereocenters. The predicted octanol–water partition coefficient (Wildman–Crippen LogP) is 4.26. The summed E-state index contributed by atoms with van der Waals surface area (Å²) in [6, 6.07) is 4.23. The van der Waals surface area contributed by atoms with E-state index in [1.165, 1.54) is 0 Å². The smallest absolute Gasteiger partial charge is 0.254 e. The van der Waals surface area contributed by atoms with Gasteiger partial charge in [-0.1, -0.05) is 32.4 Å². The van der Waals surface area contributed by atoms with E-state index in [4.69, 9.17) is 11.6 Å². The molecule has 4 heteroatoms. The minimum atomic E-state index is 0.0908. The molecular weight excluding hydrogens is 272 g/mol. The summed E-state index contributed by atoms with van der Waals surface area (Å²) in [7, 11) is 0. The van der Waals surface area contributed by atoms with Crippen molar-refractivity contribution in [1.82, 2.24) is 9.88 Å². The molecule has 0 aromatic carbocycles. The van der Waals surface area contributed by atoms with Gasteiger partial charge in [0.1, 0.15) is 5.15 Å². The van der Waals surface area contributed by atoms with Gasteiger partial charge in [-0.15, -0.1) is 0 Å². The fourth-order valence-corrected chi connectivity index (χ4v) is 3.14. The third-order valence-corrected chi connectivity index (χ3v) is 4.34. The first-order chi connectivity index (χ1) is 9.43. The highest BCUT2D eigenvalue weighted by molar-refractivity contribution is 6.29. The van der Waals surface area contributed by atoms with Crippen molar-refractivity contribution in [3.05, 3.63) is 28.5 Å². The Morgan fingerprint density at radius 2 is 2.15 bits per heavy atom. The number of hydrogen-bond acceptors (Lipinski definition) is 2. The topological polar surface area (TPSA) is 33.2 Å². The molecule has 1 amide bonds. The van der Waals surface area contributed by atoms with E-state index in [1.54, 1.807) is 6.07 Å². The number of amides is 1. The third kappa shape index (κ3) is 2.98. The average molecular weight is 295 g/mol. The minimum absolute atomic E-state index is 0.0908. The summed E-state index contributed by atoms with van der Waals surface area (Å²) in [6.07, 6.45) is 3.19. The van der Waals surface area contributed by atoms with Crippen molar-refractivity contribution in [3.8, 4) is 0 Å². The molecule has 0 N–H and O–H groups in total. The van der Waals surface area contributed by atoms with Crippen molar-refractivity contribution in [2.45, 2.75) is 65.0 Å². The van der Waals surface area contributed by atoms with Gasteiger partial charge in [-0.25, -0.2) is 4.98 Å². The van der Waals surface area contributed by atoms with Gasteiger partial charge >= 0.3 is 0 Å². The molecule has 2 atom stereocenters. The Hall–Kier alpha value is -1.09. The highest BCUT2D eigenvalue weighted by Gasteiger charge is 2.33. The molecule has 1 saturated heterocycles. The summed E-state index contributed by atoms with van der Waals surface area (Å²) in [4.78, 5) is 19.1. The molecule has 1 fully saturated rings. The van der Waals surface area contributed by atoms with Crippen molar-refractivity contribution in [2.75, 3.05) is 0 Å². The molecule has 0 bridgehead atoms. The van der Waals surface area contributed by atoms with Gasteiger partial charge in [0.05, 0.1) is 0 Å². The van der Waals surface area contributed by atoms with Gasteiger partial charge in [0, 0.05) is 23.3 Å². The van der Waals surface area contributed by atoms with Crippen LogP contribution >= 0.6 is 11.6 Å². The fourth-order valence-electron chi connectivity index (χ4n) is 2.92. The summed E-state index contributed by atoms with van der Waals surface area (Å²) < 4.78 is 0. The van der Waals surface area contributed by atoms with Crippen LogP contribution in [0.4, 0.5) is 0 Å². The highest BCUT2D eigenvalue weighted by atomic mass is 35.5. The minimum Gasteiger partial charge on any atom is -0.333 e. The fraction of sp³-hybridized carbons (Fsp3) is 0.625. The summed E-state index contributed by atoms with van der Waals surface area (Å²) in [5.41, 5.74) is 1.54. The summed E-state index contributed by atoms with van der Waals surface area (Å²) in [5.74, 6) is 0.353. The number of carbonyl (C=O) groups excluding carboxylic acids is 1. The van der Waals surface area contributed by atoms with Crippen LogP contribution in [0.3, 0.4) is 0 Å². The van der Waals surface area contributed by atoms with Crippen LogP contribution < -0.4 is 0 Å². The second-order valence-corrected chi connectivity index (χ2v) is 6.35. The zero-order valence-corrected chi connectivity index (χ0v) is 13.4. The van der Waals surface area contributed by atoms with Crippen LogP contribution in [0.25, 0.3) is 0 Å². The number of rotatable bonds is 3. The van der Waals surface area contributed by atoms with E-state index in [0.29, 0.717) is 22.8 Å². The molecule has 1 aromatic rings. The summed E-state index contributed by atoms with van der Waals surface area (Å²) in [5, 5.41) is 0.402. The Labute approximate surface area is 126 Å². The maximum atomic E-state index is 12.8. The first kappa shape index (κ1) is 15.3. The zero-order chi connectivity index (χ0) is 14.9. The molecule has 3 nitrogen and oxygen atoms in total. The highest BCUT2D eigenvalue weighted by Crippen LogP contribution is 2.29. The second-order valence-electron chi connectivity index (χ2n) is 5.96. The summed E-state index contributed by atoms with van der Waals surface area (Å²) in [6.45, 7) is 8.38. The quantitative estimate of drug-likeness (QED) is 0.780. The van der Waals surface area contributed by atoms with Gasteiger partial charge in [0.15, 0.2) is 0 Å². The van der Waals surface area contributed by atoms with Crippen LogP contribution in [0.15, 0.2) is 12.1 Å². The van der Waals surface area contributed by atoms with Crippen molar-refractivity contribution in [2.24, 2.45) is 0 Å². The predicted molar refractivity (Wildman–Crippen MR) is 82.3 cm³/mol. The second kappa shape index (κ2) is 6.13. The Morgan fingerprint density at radius 1 is 1.45 bits per heavy atom. The van der Waals surface area contributed by atoms with Gasteiger partial charge < -0.3 is 4.90 Å². The van der Waals surface area contributed by atoms with Crippen LogP contribution in [-0.4, -0.2) is 27.9 Å². The average Bonchev–Trinajstić information content (AvgIpc) is 2.78. The molecule has 1 aliphatic heterocycles. The van der Waals surface area contributed by atoms with E-state index >= 15 is 0 Å². The number of pyridine rings is 1. The number of halogens is 1. The molecule has 1 aromatic heterocycles. The van der Waals surface area contributed by atoms with Crippen molar-refractivity contribution < 1.29 is 4.79 Å². The van der Waals surface area contributed by atoms with Gasteiger partial charge in [-0.3, -0.25) is 4.79 Å². The van der Waals surface area contributed by atoms with E-state index in [1.807, 2.05) is 11.0 Å². The number of likely N-dealkylation sites (tertiary alicyclic amines) is 1. The number of carbonyl (C=O) groups is 1. The van der Waals surface area contributed by atoms with E-state index < -0.39 is 0 Å². The molecule has 0 spiro atoms. The van der Waals surface area contributed by atoms with Gasteiger partial charge in [-0.05, 0) is 44.2 Å². The normalized spacial score (nSPS) is 22.6. The van der Waals surface area contributed by atoms with Crippen LogP contribution in [0, 0.1) is 0 Å². The van der Waals surface area contributed by atoms with E-state index in [9.17, 15) is 4.79 Å². The number of aromatic nitrogens is 1. The van der Waals surface area contributed by atoms with E-state index in [-0.39, 0.29) is 11.8 Å². The Kier molecular flexibility index (Phi) is 4.69. The lowest BCUT2D eigenvalue weighted by atomic mass is 10.1. The molecule has 2 rings (SSSR count). The van der Waals surface area contributed by atoms with E-state index in [2.05, 4.69) is 32.7 Å². The molecule has 0 saturated carbocycles. The SMILES string of the molecule is CCC1CCC(C)N1C(=O)c1cc(Cl)nc(C(C)C)c1. The lowest BCUT2D eigenvalue weighted by Crippen LogP contribution is -2.39. The molecule has 0 aliphatic carbocycles. The van der Waals surface area contributed by atoms with Gasteiger partial charge in [-0.2, -0.15) is 0 Å². The molecular formula is C16H23ClN2O. The van der Waals surface area contributed by atoms with Crippen LogP contribution in [0.2, 0.25) is 5.15 Å². The standard InChI is InChI=1S/C16H23ClN2O/c1-5-13-7-6-11(4)19(13)16(20)12-8-14(10(2)3)18-15(17)9-12/h8-11,13H,5-7H2,1-4H3. The monoisotopic (exact) mass is 294 g/mol. The molecule has 2 heterocycles. The molecule has 20 heavy (non-hydrogen) atoms. The maximum absolute atomic E-state index is 12.8. The van der Waals surface area contributed by atoms with Gasteiger partial charge in [0.25, 0.3) is 5.91 Å². The molecule has 1 aliphatic rings. The zero-order valence-electron chi connectivity index (χ0n) is 12.7. The third-order valence-electron chi connectivity index (χ3n) is 4.14. The Bertz CT molecular complexity index is 501. The largest absolute Gasteiger partial charge is 0.333 e. The van der Waals surface area contributed by atoms with Crippen molar-refractivity contribution >= 4 is 17.5 Å². The maximum Gasteiger partial charge on any atom is 0.254 e. The lowest BCUT2D eigenvalue weighted by Gasteiger charge is -2.28. The number of nitrogens with zero attached hydrogens (tertiary/aromatic N) is 2. The Balaban J connectivity index is 2.33. The number of hydrogen-bond donors (Lipinski definition) is 0. The van der Waals surface area contributed by atoms with Crippen molar-refractivity contribution in [1.29, 1.82) is 0 Å². The van der Waals surface area contributed by atoms with Gasteiger partial charge in [0.2, 0.25) is 0 Å². The van der Waals surface area contributed by atoms with Crippen LogP contribution in [-0.2, 0) is 0 Å². The van der Waals surface area contributed by atoms with E-state index in [0.717, 1.165) is 25.0 Å². The van der Waals surface area contributed by atoms with Crippen LogP contribution in [0.1, 0.15) is 68.9 Å². The lowest BCUT2D eigenvalue weighted by molar-refractivity contribution is 0.0676. The van der Waals surface area contributed by atoms with Crippen LogP contribution in [0.5, 0.6) is 0 Å². The summed E-state index contributed by atoms with van der Waals surface area (Å²) >= 11 is 6.07. The first-order valence-electron chi connectivity index (χ1n) is 7.44. The first-order valence-corrected chi connectivity index (χ1v) is 7.82. The Morgan fingerprint density at radius 3 is 2.75 bits per heavy atom. The van der Waals surface area contributed by atoms with Crippen molar-refractivity contribution in [3.63, 3.8) is 0 Å². The molecule has 110 valence electrons.